The highest BCUT2D eigenvalue weighted by molar-refractivity contribution is 6.51. The Balaban J connectivity index is 1.74. The van der Waals surface area contributed by atoms with Gasteiger partial charge < -0.3 is 14.6 Å². The highest BCUT2D eigenvalue weighted by Gasteiger charge is 2.48. The standard InChI is InChI=1S/C28H25NO5/c1-16-8-4-6-10-21(16)29-25(20-9-5-7-11-23(20)33-3)24(27(31)28(29)32)26(30)18-12-13-22-19(15-18)14-17(2)34-22/h4-13,15,17,25,30H,14H2,1-3H3/b26-24+. The second-order valence-electron chi connectivity index (χ2n) is 8.65. The number of fused-ring (bicyclic) bond motifs is 1. The number of hydrogen-bond donors (Lipinski definition) is 1. The van der Waals surface area contributed by atoms with Gasteiger partial charge in [-0.1, -0.05) is 36.4 Å². The molecule has 2 aliphatic heterocycles. The van der Waals surface area contributed by atoms with E-state index in [1.54, 1.807) is 31.4 Å². The normalized spacial score (nSPS) is 20.9. The van der Waals surface area contributed by atoms with Crippen molar-refractivity contribution in [1.82, 2.24) is 0 Å². The number of rotatable bonds is 4. The Morgan fingerprint density at radius 2 is 1.79 bits per heavy atom. The van der Waals surface area contributed by atoms with Crippen LogP contribution < -0.4 is 14.4 Å². The Bertz CT molecular complexity index is 1340. The first-order valence-electron chi connectivity index (χ1n) is 11.2. The molecule has 172 valence electrons. The van der Waals surface area contributed by atoms with Crippen molar-refractivity contribution in [3.05, 3.63) is 94.6 Å². The molecule has 1 amide bonds. The summed E-state index contributed by atoms with van der Waals surface area (Å²) in [5.41, 5.74) is 3.53. The highest BCUT2D eigenvalue weighted by atomic mass is 16.5. The summed E-state index contributed by atoms with van der Waals surface area (Å²) in [4.78, 5) is 28.3. The summed E-state index contributed by atoms with van der Waals surface area (Å²) in [6.45, 7) is 3.87. The number of ether oxygens (including phenoxy) is 2. The summed E-state index contributed by atoms with van der Waals surface area (Å²) >= 11 is 0. The van der Waals surface area contributed by atoms with E-state index in [4.69, 9.17) is 9.47 Å². The van der Waals surface area contributed by atoms with Gasteiger partial charge in [0.15, 0.2) is 0 Å². The van der Waals surface area contributed by atoms with E-state index in [9.17, 15) is 14.7 Å². The van der Waals surface area contributed by atoms with Crippen LogP contribution in [-0.2, 0) is 16.0 Å². The second-order valence-corrected chi connectivity index (χ2v) is 8.65. The maximum Gasteiger partial charge on any atom is 0.300 e. The van der Waals surface area contributed by atoms with Gasteiger partial charge in [0.05, 0.1) is 18.7 Å². The third-order valence-corrected chi connectivity index (χ3v) is 6.42. The van der Waals surface area contributed by atoms with Crippen molar-refractivity contribution in [3.8, 4) is 11.5 Å². The topological polar surface area (TPSA) is 76.1 Å². The number of aliphatic hydroxyl groups excluding tert-OH is 1. The number of aryl methyl sites for hydroxylation is 1. The molecule has 1 N–H and O–H groups in total. The minimum absolute atomic E-state index is 0.0321. The average Bonchev–Trinajstić information content (AvgIpc) is 3.34. The summed E-state index contributed by atoms with van der Waals surface area (Å²) in [6, 6.07) is 19.1. The molecule has 0 aliphatic carbocycles. The number of Topliss-reactive ketones (excluding diaryl/α,β-unsaturated/α-hetero) is 1. The molecular weight excluding hydrogens is 430 g/mol. The zero-order chi connectivity index (χ0) is 24.0. The van der Waals surface area contributed by atoms with Gasteiger partial charge in [-0.3, -0.25) is 14.5 Å². The molecule has 0 bridgehead atoms. The number of para-hydroxylation sites is 2. The van der Waals surface area contributed by atoms with Crippen molar-refractivity contribution in [2.24, 2.45) is 0 Å². The summed E-state index contributed by atoms with van der Waals surface area (Å²) in [6.07, 6.45) is 0.761. The lowest BCUT2D eigenvalue weighted by Crippen LogP contribution is -2.30. The first-order chi connectivity index (χ1) is 16.4. The van der Waals surface area contributed by atoms with E-state index >= 15 is 0 Å². The summed E-state index contributed by atoms with van der Waals surface area (Å²) in [5.74, 6) is -0.347. The van der Waals surface area contributed by atoms with Gasteiger partial charge in [-0.25, -0.2) is 0 Å². The van der Waals surface area contributed by atoms with Crippen LogP contribution in [0.3, 0.4) is 0 Å². The van der Waals surface area contributed by atoms with Gasteiger partial charge in [0, 0.05) is 23.2 Å². The van der Waals surface area contributed by atoms with E-state index in [1.807, 2.05) is 56.3 Å². The maximum atomic E-state index is 13.4. The second kappa shape index (κ2) is 8.37. The van der Waals surface area contributed by atoms with Gasteiger partial charge in [0.25, 0.3) is 11.7 Å². The van der Waals surface area contributed by atoms with Crippen molar-refractivity contribution in [2.45, 2.75) is 32.4 Å². The lowest BCUT2D eigenvalue weighted by atomic mass is 9.93. The zero-order valence-electron chi connectivity index (χ0n) is 19.2. The van der Waals surface area contributed by atoms with Crippen LogP contribution in [0.4, 0.5) is 5.69 Å². The van der Waals surface area contributed by atoms with Gasteiger partial charge in [-0.15, -0.1) is 0 Å². The number of hydrogen-bond acceptors (Lipinski definition) is 5. The van der Waals surface area contributed by atoms with Gasteiger partial charge in [-0.2, -0.15) is 0 Å². The fraction of sp³-hybridized carbons (Fsp3) is 0.214. The number of methoxy groups -OCH3 is 1. The largest absolute Gasteiger partial charge is 0.507 e. The first-order valence-corrected chi connectivity index (χ1v) is 11.2. The predicted octanol–water partition coefficient (Wildman–Crippen LogP) is 4.95. The van der Waals surface area contributed by atoms with Crippen molar-refractivity contribution < 1.29 is 24.2 Å². The molecule has 2 aliphatic rings. The molecule has 0 spiro atoms. The van der Waals surface area contributed by atoms with Gasteiger partial charge >= 0.3 is 0 Å². The Kier molecular flexibility index (Phi) is 5.36. The molecule has 0 saturated carbocycles. The number of amides is 1. The molecule has 3 aromatic carbocycles. The minimum atomic E-state index is -0.847. The first kappa shape index (κ1) is 21.8. The molecular formula is C28H25NO5. The number of nitrogens with zero attached hydrogens (tertiary/aromatic N) is 1. The average molecular weight is 456 g/mol. The number of anilines is 1. The third-order valence-electron chi connectivity index (χ3n) is 6.42. The van der Waals surface area contributed by atoms with E-state index < -0.39 is 17.7 Å². The van der Waals surface area contributed by atoms with Crippen molar-refractivity contribution >= 4 is 23.1 Å². The number of carbonyl (C=O) groups is 2. The van der Waals surface area contributed by atoms with Crippen LogP contribution in [-0.4, -0.2) is 30.0 Å². The Morgan fingerprint density at radius 1 is 1.06 bits per heavy atom. The fourth-order valence-corrected chi connectivity index (χ4v) is 4.83. The van der Waals surface area contributed by atoms with Crippen LogP contribution in [0.15, 0.2) is 72.3 Å². The van der Waals surface area contributed by atoms with Crippen LogP contribution >= 0.6 is 0 Å². The number of benzene rings is 3. The Morgan fingerprint density at radius 3 is 2.56 bits per heavy atom. The van der Waals surface area contributed by atoms with Gasteiger partial charge in [0.1, 0.15) is 23.4 Å². The molecule has 0 radical (unpaired) electrons. The summed E-state index contributed by atoms with van der Waals surface area (Å²) in [7, 11) is 1.54. The molecule has 3 aromatic rings. The van der Waals surface area contributed by atoms with E-state index in [-0.39, 0.29) is 17.4 Å². The van der Waals surface area contributed by atoms with E-state index in [2.05, 4.69) is 0 Å². The van der Waals surface area contributed by atoms with Gasteiger partial charge in [-0.05, 0) is 55.3 Å². The van der Waals surface area contributed by atoms with E-state index in [0.717, 1.165) is 16.9 Å². The van der Waals surface area contributed by atoms with Crippen molar-refractivity contribution in [2.75, 3.05) is 12.0 Å². The molecule has 6 heteroatoms. The fourth-order valence-electron chi connectivity index (χ4n) is 4.83. The SMILES string of the molecule is COc1ccccc1C1/C(=C(\O)c2ccc3c(c2)CC(C)O3)C(=O)C(=O)N1c1ccccc1C. The summed E-state index contributed by atoms with van der Waals surface area (Å²) in [5, 5.41) is 11.4. The van der Waals surface area contributed by atoms with Crippen LogP contribution in [0.5, 0.6) is 11.5 Å². The molecule has 2 heterocycles. The van der Waals surface area contributed by atoms with Crippen LogP contribution in [0.1, 0.15) is 35.2 Å². The van der Waals surface area contributed by atoms with Gasteiger partial charge in [0.2, 0.25) is 0 Å². The number of carbonyl (C=O) groups excluding carboxylic acids is 2. The molecule has 2 atom stereocenters. The molecule has 6 nitrogen and oxygen atoms in total. The van der Waals surface area contributed by atoms with Crippen LogP contribution in [0.2, 0.25) is 0 Å². The minimum Gasteiger partial charge on any atom is -0.507 e. The molecule has 34 heavy (non-hydrogen) atoms. The lowest BCUT2D eigenvalue weighted by molar-refractivity contribution is -0.132. The van der Waals surface area contributed by atoms with E-state index in [1.165, 1.54) is 4.90 Å². The third kappa shape index (κ3) is 3.43. The van der Waals surface area contributed by atoms with Crippen LogP contribution in [0, 0.1) is 6.92 Å². The summed E-state index contributed by atoms with van der Waals surface area (Å²) < 4.78 is 11.3. The smallest absolute Gasteiger partial charge is 0.300 e. The number of ketones is 1. The van der Waals surface area contributed by atoms with Crippen LogP contribution in [0.25, 0.3) is 5.76 Å². The Labute approximate surface area is 198 Å². The number of aliphatic hydroxyl groups is 1. The van der Waals surface area contributed by atoms with E-state index in [0.29, 0.717) is 29.0 Å². The van der Waals surface area contributed by atoms with Crippen molar-refractivity contribution in [3.63, 3.8) is 0 Å². The Hall–Kier alpha value is -4.06. The van der Waals surface area contributed by atoms with Crippen molar-refractivity contribution in [1.29, 1.82) is 0 Å². The zero-order valence-corrected chi connectivity index (χ0v) is 19.2. The maximum absolute atomic E-state index is 13.4. The molecule has 0 aromatic heterocycles. The quantitative estimate of drug-likeness (QED) is 0.342. The lowest BCUT2D eigenvalue weighted by Gasteiger charge is -2.27. The molecule has 2 unspecified atom stereocenters. The highest BCUT2D eigenvalue weighted by Crippen LogP contribution is 2.46. The molecule has 5 rings (SSSR count). The predicted molar refractivity (Wildman–Crippen MR) is 129 cm³/mol. The monoisotopic (exact) mass is 455 g/mol. The molecule has 1 saturated heterocycles. The molecule has 1 fully saturated rings.